The average molecular weight is 492 g/mol. The van der Waals surface area contributed by atoms with Crippen molar-refractivity contribution in [3.05, 3.63) is 82.7 Å². The minimum atomic E-state index is 0.279. The lowest BCUT2D eigenvalue weighted by molar-refractivity contribution is 0.174. The lowest BCUT2D eigenvalue weighted by Crippen LogP contribution is -2.34. The van der Waals surface area contributed by atoms with E-state index >= 15 is 0 Å². The fourth-order valence-corrected chi connectivity index (χ4v) is 5.69. The van der Waals surface area contributed by atoms with Gasteiger partial charge in [-0.25, -0.2) is 15.0 Å². The minimum absolute atomic E-state index is 0.279. The van der Waals surface area contributed by atoms with Crippen molar-refractivity contribution in [3.63, 3.8) is 0 Å². The van der Waals surface area contributed by atoms with E-state index in [9.17, 15) is 0 Å². The maximum Gasteiger partial charge on any atom is 0.231 e. The van der Waals surface area contributed by atoms with Crippen LogP contribution in [0.3, 0.4) is 0 Å². The first-order chi connectivity index (χ1) is 18.1. The molecule has 1 fully saturated rings. The van der Waals surface area contributed by atoms with Crippen LogP contribution < -0.4 is 14.4 Å². The number of aromatic amines is 1. The van der Waals surface area contributed by atoms with Crippen LogP contribution in [0, 0.1) is 13.8 Å². The Morgan fingerprint density at radius 1 is 0.919 bits per heavy atom. The predicted octanol–water partition coefficient (Wildman–Crippen LogP) is 5.69. The largest absolute Gasteiger partial charge is 0.454 e. The summed E-state index contributed by atoms with van der Waals surface area (Å²) in [5.41, 5.74) is 9.27. The molecule has 4 aromatic rings. The third-order valence-corrected chi connectivity index (χ3v) is 7.77. The summed E-state index contributed by atoms with van der Waals surface area (Å²) < 4.78 is 11.0. The second-order valence-corrected chi connectivity index (χ2v) is 10.2. The van der Waals surface area contributed by atoms with Gasteiger partial charge in [0.2, 0.25) is 6.79 Å². The van der Waals surface area contributed by atoms with Crippen LogP contribution >= 0.6 is 0 Å². The van der Waals surface area contributed by atoms with Gasteiger partial charge in [-0.2, -0.15) is 0 Å². The summed E-state index contributed by atoms with van der Waals surface area (Å²) in [5.74, 6) is 4.10. The number of ether oxygens (including phenoxy) is 2. The topological polar surface area (TPSA) is 76.2 Å². The van der Waals surface area contributed by atoms with Crippen molar-refractivity contribution in [2.24, 2.45) is 0 Å². The summed E-state index contributed by atoms with van der Waals surface area (Å²) >= 11 is 0. The maximum absolute atomic E-state index is 5.57. The fourth-order valence-electron chi connectivity index (χ4n) is 5.69. The number of nitrogens with zero attached hydrogens (tertiary/aromatic N) is 4. The van der Waals surface area contributed by atoms with E-state index in [-0.39, 0.29) is 6.79 Å². The number of piperidine rings is 1. The normalized spacial score (nSPS) is 16.7. The van der Waals surface area contributed by atoms with E-state index in [2.05, 4.69) is 65.1 Å². The zero-order valence-electron chi connectivity index (χ0n) is 21.1. The van der Waals surface area contributed by atoms with E-state index in [0.29, 0.717) is 5.92 Å². The zero-order chi connectivity index (χ0) is 24.9. The number of nitrogens with one attached hydrogen (secondary N) is 1. The number of benzene rings is 2. The molecule has 0 atom stereocenters. The number of aromatic nitrogens is 4. The number of fused-ring (bicyclic) bond motifs is 2. The maximum atomic E-state index is 5.57. The molecule has 0 unspecified atom stereocenters. The third-order valence-electron chi connectivity index (χ3n) is 7.77. The average Bonchev–Trinajstić information content (AvgIpc) is 3.66. The molecule has 37 heavy (non-hydrogen) atoms. The number of imidazole rings is 1. The Bertz CT molecular complexity index is 1510. The highest BCUT2D eigenvalue weighted by Crippen LogP contribution is 2.39. The van der Waals surface area contributed by atoms with Gasteiger partial charge >= 0.3 is 0 Å². The Morgan fingerprint density at radius 2 is 1.70 bits per heavy atom. The lowest BCUT2D eigenvalue weighted by Gasteiger charge is -2.32. The first-order valence-corrected chi connectivity index (χ1v) is 13.0. The molecule has 1 N–H and O–H groups in total. The Hall–Kier alpha value is -4.13. The van der Waals surface area contributed by atoms with Crippen molar-refractivity contribution >= 4 is 17.5 Å². The van der Waals surface area contributed by atoms with Crippen LogP contribution in [0.25, 0.3) is 22.9 Å². The Morgan fingerprint density at radius 3 is 2.54 bits per heavy atom. The van der Waals surface area contributed by atoms with Crippen molar-refractivity contribution in [1.29, 1.82) is 0 Å². The molecular weight excluding hydrogens is 462 g/mol. The Kier molecular flexibility index (Phi) is 5.23. The smallest absolute Gasteiger partial charge is 0.231 e. The highest BCUT2D eigenvalue weighted by molar-refractivity contribution is 5.91. The van der Waals surface area contributed by atoms with Crippen LogP contribution in [-0.4, -0.2) is 39.8 Å². The number of H-pyrrole nitrogens is 1. The van der Waals surface area contributed by atoms with Crippen LogP contribution in [-0.2, 0) is 6.42 Å². The zero-order valence-corrected chi connectivity index (χ0v) is 21.1. The van der Waals surface area contributed by atoms with Gasteiger partial charge in [0.15, 0.2) is 11.5 Å². The SMILES string of the molecule is Cc1ccc(C2=Cc3c(ncnc3N3CCC(c4nc(-c5ccc6c(c5)OCO6)c(C)[nH]4)CC3)C2)cc1. The number of rotatable bonds is 4. The van der Waals surface area contributed by atoms with Crippen molar-refractivity contribution in [3.8, 4) is 22.8 Å². The summed E-state index contributed by atoms with van der Waals surface area (Å²) in [5, 5.41) is 0. The lowest BCUT2D eigenvalue weighted by atomic mass is 9.96. The van der Waals surface area contributed by atoms with Crippen molar-refractivity contribution in [2.45, 2.75) is 39.0 Å². The van der Waals surface area contributed by atoms with Crippen LogP contribution in [0.1, 0.15) is 52.7 Å². The third kappa shape index (κ3) is 3.95. The van der Waals surface area contributed by atoms with Gasteiger partial charge in [-0.15, -0.1) is 0 Å². The molecule has 7 heteroatoms. The van der Waals surface area contributed by atoms with Crippen LogP contribution in [0.4, 0.5) is 5.82 Å². The van der Waals surface area contributed by atoms with Gasteiger partial charge in [-0.05, 0) is 62.1 Å². The van der Waals surface area contributed by atoms with Gasteiger partial charge in [0.1, 0.15) is 18.0 Å². The molecule has 0 saturated carbocycles. The van der Waals surface area contributed by atoms with E-state index in [0.717, 1.165) is 78.1 Å². The highest BCUT2D eigenvalue weighted by atomic mass is 16.7. The fraction of sp³-hybridized carbons (Fsp3) is 0.300. The molecule has 1 aliphatic carbocycles. The number of hydrogen-bond acceptors (Lipinski definition) is 6. The summed E-state index contributed by atoms with van der Waals surface area (Å²) in [6.45, 7) is 6.38. The molecule has 0 spiro atoms. The molecule has 0 bridgehead atoms. The molecule has 3 aliphatic rings. The minimum Gasteiger partial charge on any atom is -0.454 e. The van der Waals surface area contributed by atoms with E-state index in [1.165, 1.54) is 22.3 Å². The molecule has 7 nitrogen and oxygen atoms in total. The van der Waals surface area contributed by atoms with Crippen molar-refractivity contribution in [1.82, 2.24) is 19.9 Å². The molecule has 0 amide bonds. The number of allylic oxidation sites excluding steroid dienone is 1. The van der Waals surface area contributed by atoms with Gasteiger partial charge in [0.05, 0.1) is 11.4 Å². The van der Waals surface area contributed by atoms with Crippen LogP contribution in [0.15, 0.2) is 48.8 Å². The predicted molar refractivity (Wildman–Crippen MR) is 144 cm³/mol. The monoisotopic (exact) mass is 491 g/mol. The molecule has 2 aliphatic heterocycles. The first kappa shape index (κ1) is 22.1. The molecule has 7 rings (SSSR count). The van der Waals surface area contributed by atoms with Gasteiger partial charge in [0.25, 0.3) is 0 Å². The molecule has 0 radical (unpaired) electrons. The van der Waals surface area contributed by atoms with Crippen molar-refractivity contribution in [2.75, 3.05) is 24.8 Å². The number of aryl methyl sites for hydroxylation is 2. The second-order valence-electron chi connectivity index (χ2n) is 10.2. The number of anilines is 1. The van der Waals surface area contributed by atoms with Crippen LogP contribution in [0.5, 0.6) is 11.5 Å². The highest BCUT2D eigenvalue weighted by Gasteiger charge is 2.28. The van der Waals surface area contributed by atoms with Gasteiger partial charge in [0, 0.05) is 42.2 Å². The molecule has 186 valence electrons. The quantitative estimate of drug-likeness (QED) is 0.395. The van der Waals surface area contributed by atoms with E-state index < -0.39 is 0 Å². The molecule has 1 saturated heterocycles. The Balaban J connectivity index is 1.08. The van der Waals surface area contributed by atoms with Gasteiger partial charge < -0.3 is 19.4 Å². The second kappa shape index (κ2) is 8.76. The Labute approximate surface area is 216 Å². The standard InChI is InChI=1S/C30H29N5O2/c1-18-3-5-20(6-4-18)23-13-24-25(14-23)31-16-32-30(24)35-11-9-21(10-12-35)29-33-19(2)28(34-29)22-7-8-26-27(15-22)37-17-36-26/h3-8,13,15-16,21H,9-12,14,17H2,1-2H3,(H,33,34). The summed E-state index contributed by atoms with van der Waals surface area (Å²) in [6.07, 6.45) is 6.93. The molecule has 2 aromatic carbocycles. The first-order valence-electron chi connectivity index (χ1n) is 13.0. The van der Waals surface area contributed by atoms with Gasteiger partial charge in [-0.3, -0.25) is 0 Å². The van der Waals surface area contributed by atoms with E-state index in [4.69, 9.17) is 19.4 Å². The molecule has 2 aromatic heterocycles. The van der Waals surface area contributed by atoms with E-state index in [1.54, 1.807) is 6.33 Å². The summed E-state index contributed by atoms with van der Waals surface area (Å²) in [4.78, 5) is 20.4. The van der Waals surface area contributed by atoms with Crippen LogP contribution in [0.2, 0.25) is 0 Å². The molecular formula is C30H29N5O2. The van der Waals surface area contributed by atoms with Gasteiger partial charge in [-0.1, -0.05) is 29.8 Å². The van der Waals surface area contributed by atoms with Crippen molar-refractivity contribution < 1.29 is 9.47 Å². The summed E-state index contributed by atoms with van der Waals surface area (Å²) in [7, 11) is 0. The number of hydrogen-bond donors (Lipinski definition) is 1. The molecule has 4 heterocycles. The van der Waals surface area contributed by atoms with E-state index in [1.807, 2.05) is 12.1 Å². The summed E-state index contributed by atoms with van der Waals surface area (Å²) in [6, 6.07) is 14.8.